The quantitative estimate of drug-likeness (QED) is 0.632. The molecule has 1 aromatic heterocycles. The molecule has 0 atom stereocenters. The number of hydrogen-bond acceptors (Lipinski definition) is 4. The fourth-order valence-corrected chi connectivity index (χ4v) is 1.09. The largest absolute Gasteiger partial charge is 0.389 e. The van der Waals surface area contributed by atoms with Crippen molar-refractivity contribution in [3.05, 3.63) is 18.2 Å². The molecule has 0 aliphatic carbocycles. The Kier molecular flexibility index (Phi) is 1.65. The van der Waals surface area contributed by atoms with Gasteiger partial charge in [0.15, 0.2) is 5.82 Å². The summed E-state index contributed by atoms with van der Waals surface area (Å²) in [4.78, 5) is 9.31. The molecule has 1 fully saturated rings. The van der Waals surface area contributed by atoms with Crippen LogP contribution in [0.15, 0.2) is 12.4 Å². The van der Waals surface area contributed by atoms with Crippen molar-refractivity contribution in [1.29, 1.82) is 0 Å². The van der Waals surface area contributed by atoms with Crippen molar-refractivity contribution in [3.63, 3.8) is 0 Å². The minimum atomic E-state index is -0.445. The molecule has 0 amide bonds. The van der Waals surface area contributed by atoms with E-state index in [9.17, 15) is 4.39 Å². The first-order chi connectivity index (χ1) is 5.75. The van der Waals surface area contributed by atoms with E-state index in [1.807, 2.05) is 0 Å². The summed E-state index contributed by atoms with van der Waals surface area (Å²) in [5, 5.41) is 8.96. The van der Waals surface area contributed by atoms with E-state index in [-0.39, 0.29) is 6.10 Å². The van der Waals surface area contributed by atoms with Gasteiger partial charge in [0, 0.05) is 13.1 Å². The smallest absolute Gasteiger partial charge is 0.225 e. The maximum absolute atomic E-state index is 12.4. The van der Waals surface area contributed by atoms with E-state index in [4.69, 9.17) is 5.11 Å². The van der Waals surface area contributed by atoms with Crippen LogP contribution in [0.25, 0.3) is 0 Å². The Bertz CT molecular complexity index is 270. The third-order valence-corrected chi connectivity index (χ3v) is 1.75. The van der Waals surface area contributed by atoms with E-state index in [1.165, 1.54) is 0 Å². The molecule has 2 heterocycles. The number of rotatable bonds is 1. The Morgan fingerprint density at radius 2 is 2.00 bits per heavy atom. The maximum atomic E-state index is 12.4. The molecule has 5 heteroatoms. The third kappa shape index (κ3) is 1.23. The van der Waals surface area contributed by atoms with Crippen molar-refractivity contribution in [2.24, 2.45) is 0 Å². The van der Waals surface area contributed by atoms with E-state index in [1.54, 1.807) is 4.90 Å². The van der Waals surface area contributed by atoms with Gasteiger partial charge in [-0.3, -0.25) is 0 Å². The molecule has 12 heavy (non-hydrogen) atoms. The molecule has 0 unspecified atom stereocenters. The van der Waals surface area contributed by atoms with E-state index in [0.717, 1.165) is 12.4 Å². The molecule has 1 aliphatic heterocycles. The number of β-amino-alcohol motifs (C(OH)–C–C–N with tert-alkyl or cyclic N) is 1. The van der Waals surface area contributed by atoms with Gasteiger partial charge in [-0.15, -0.1) is 0 Å². The van der Waals surface area contributed by atoms with Crippen LogP contribution in [0.1, 0.15) is 0 Å². The number of aliphatic hydroxyl groups is 1. The summed E-state index contributed by atoms with van der Waals surface area (Å²) in [7, 11) is 0. The van der Waals surface area contributed by atoms with Crippen LogP contribution >= 0.6 is 0 Å². The van der Waals surface area contributed by atoms with E-state index >= 15 is 0 Å². The molecular formula is C7H8FN3O. The SMILES string of the molecule is OC1CN(c2ncc(F)cn2)C1. The zero-order valence-corrected chi connectivity index (χ0v) is 6.31. The van der Waals surface area contributed by atoms with Crippen LogP contribution in [0.4, 0.5) is 10.3 Å². The van der Waals surface area contributed by atoms with Gasteiger partial charge < -0.3 is 10.0 Å². The van der Waals surface area contributed by atoms with Crippen LogP contribution in [-0.2, 0) is 0 Å². The van der Waals surface area contributed by atoms with Crippen molar-refractivity contribution in [3.8, 4) is 0 Å². The predicted octanol–water partition coefficient (Wildman–Crippen LogP) is -0.203. The van der Waals surface area contributed by atoms with Crippen LogP contribution in [0, 0.1) is 5.82 Å². The summed E-state index contributed by atoms with van der Waals surface area (Å²) in [5.74, 6) is 0.0292. The number of aliphatic hydroxyl groups excluding tert-OH is 1. The van der Waals surface area contributed by atoms with Crippen LogP contribution < -0.4 is 4.90 Å². The highest BCUT2D eigenvalue weighted by Crippen LogP contribution is 2.14. The van der Waals surface area contributed by atoms with Crippen molar-refractivity contribution < 1.29 is 9.50 Å². The number of anilines is 1. The fraction of sp³-hybridized carbons (Fsp3) is 0.429. The lowest BCUT2D eigenvalue weighted by atomic mass is 10.2. The lowest BCUT2D eigenvalue weighted by molar-refractivity contribution is 0.140. The number of aromatic nitrogens is 2. The summed E-state index contributed by atoms with van der Waals surface area (Å²) in [5.41, 5.74) is 0. The van der Waals surface area contributed by atoms with Crippen LogP contribution in [0.3, 0.4) is 0 Å². The fourth-order valence-electron chi connectivity index (χ4n) is 1.09. The second-order valence-electron chi connectivity index (χ2n) is 2.76. The molecule has 0 aromatic carbocycles. The second-order valence-corrected chi connectivity index (χ2v) is 2.76. The maximum Gasteiger partial charge on any atom is 0.225 e. The highest BCUT2D eigenvalue weighted by molar-refractivity contribution is 5.33. The molecule has 0 spiro atoms. The van der Waals surface area contributed by atoms with Gasteiger partial charge in [0.25, 0.3) is 0 Å². The highest BCUT2D eigenvalue weighted by Gasteiger charge is 2.26. The summed E-state index contributed by atoms with van der Waals surface area (Å²) in [6, 6.07) is 0. The minimum absolute atomic E-state index is 0.293. The van der Waals surface area contributed by atoms with Gasteiger partial charge in [0.1, 0.15) is 0 Å². The predicted molar refractivity (Wildman–Crippen MR) is 40.2 cm³/mol. The number of nitrogens with zero attached hydrogens (tertiary/aromatic N) is 3. The van der Waals surface area contributed by atoms with Crippen molar-refractivity contribution in [2.75, 3.05) is 18.0 Å². The first kappa shape index (κ1) is 7.42. The van der Waals surface area contributed by atoms with Gasteiger partial charge in [0.2, 0.25) is 5.95 Å². The minimum Gasteiger partial charge on any atom is -0.389 e. The zero-order chi connectivity index (χ0) is 8.55. The van der Waals surface area contributed by atoms with Crippen LogP contribution in [-0.4, -0.2) is 34.3 Å². The lowest BCUT2D eigenvalue weighted by Gasteiger charge is -2.35. The average molecular weight is 169 g/mol. The Labute approximate surface area is 68.7 Å². The Morgan fingerprint density at radius 1 is 1.42 bits per heavy atom. The first-order valence-electron chi connectivity index (χ1n) is 3.66. The van der Waals surface area contributed by atoms with E-state index in [0.29, 0.717) is 19.0 Å². The van der Waals surface area contributed by atoms with E-state index < -0.39 is 5.82 Å². The molecule has 1 aromatic rings. The molecule has 0 radical (unpaired) electrons. The normalized spacial score (nSPS) is 17.7. The Balaban J connectivity index is 2.09. The molecule has 1 aliphatic rings. The van der Waals surface area contributed by atoms with Gasteiger partial charge >= 0.3 is 0 Å². The third-order valence-electron chi connectivity index (χ3n) is 1.75. The molecular weight excluding hydrogens is 161 g/mol. The second kappa shape index (κ2) is 2.67. The summed E-state index contributed by atoms with van der Waals surface area (Å²) in [6.07, 6.45) is 1.94. The molecule has 64 valence electrons. The Hall–Kier alpha value is -1.23. The van der Waals surface area contributed by atoms with Crippen LogP contribution in [0.2, 0.25) is 0 Å². The number of halogens is 1. The molecule has 4 nitrogen and oxygen atoms in total. The van der Waals surface area contributed by atoms with Crippen molar-refractivity contribution in [1.82, 2.24) is 9.97 Å². The average Bonchev–Trinajstić information content (AvgIpc) is 2.01. The van der Waals surface area contributed by atoms with Gasteiger partial charge in [-0.1, -0.05) is 0 Å². The summed E-state index contributed by atoms with van der Waals surface area (Å²) in [6.45, 7) is 1.07. The van der Waals surface area contributed by atoms with Gasteiger partial charge in [-0.25, -0.2) is 14.4 Å². The number of hydrogen-bond donors (Lipinski definition) is 1. The standard InChI is InChI=1S/C7H8FN3O/c8-5-1-9-7(10-2-5)11-3-6(12)4-11/h1-2,6,12H,3-4H2. The summed E-state index contributed by atoms with van der Waals surface area (Å²) >= 11 is 0. The highest BCUT2D eigenvalue weighted by atomic mass is 19.1. The topological polar surface area (TPSA) is 49.2 Å². The molecule has 0 bridgehead atoms. The van der Waals surface area contributed by atoms with Gasteiger partial charge in [-0.2, -0.15) is 0 Å². The van der Waals surface area contributed by atoms with Crippen molar-refractivity contribution in [2.45, 2.75) is 6.10 Å². The zero-order valence-electron chi connectivity index (χ0n) is 6.31. The molecule has 2 rings (SSSR count). The summed E-state index contributed by atoms with van der Waals surface area (Å²) < 4.78 is 12.4. The van der Waals surface area contributed by atoms with Crippen LogP contribution in [0.5, 0.6) is 0 Å². The van der Waals surface area contributed by atoms with Crippen molar-refractivity contribution >= 4 is 5.95 Å². The molecule has 1 saturated heterocycles. The molecule has 0 saturated carbocycles. The monoisotopic (exact) mass is 169 g/mol. The Morgan fingerprint density at radius 3 is 2.50 bits per heavy atom. The van der Waals surface area contributed by atoms with E-state index in [2.05, 4.69) is 9.97 Å². The molecule has 1 N–H and O–H groups in total. The lowest BCUT2D eigenvalue weighted by Crippen LogP contribution is -2.51. The first-order valence-corrected chi connectivity index (χ1v) is 3.66. The van der Waals surface area contributed by atoms with Gasteiger partial charge in [0.05, 0.1) is 18.5 Å². The van der Waals surface area contributed by atoms with Gasteiger partial charge in [-0.05, 0) is 0 Å².